The van der Waals surface area contributed by atoms with Gasteiger partial charge in [-0.15, -0.1) is 0 Å². The van der Waals surface area contributed by atoms with E-state index < -0.39 is 36.7 Å². The third-order valence-corrected chi connectivity index (χ3v) is 6.09. The molecule has 3 aromatic rings. The zero-order chi connectivity index (χ0) is 25.9. The summed E-state index contributed by atoms with van der Waals surface area (Å²) in [6.07, 6.45) is -3.43. The van der Waals surface area contributed by atoms with Gasteiger partial charge in [0.15, 0.2) is 12.4 Å². The van der Waals surface area contributed by atoms with Crippen LogP contribution >= 0.6 is 0 Å². The zero-order valence-corrected chi connectivity index (χ0v) is 21.2. The lowest BCUT2D eigenvalue weighted by Gasteiger charge is -2.45. The molecule has 1 fully saturated rings. The summed E-state index contributed by atoms with van der Waals surface area (Å²) in [6, 6.07) is 29.6. The van der Waals surface area contributed by atoms with E-state index in [4.69, 9.17) is 28.4 Å². The highest BCUT2D eigenvalue weighted by molar-refractivity contribution is 5.66. The molecule has 0 aromatic heterocycles. The predicted octanol–water partition coefficient (Wildman–Crippen LogP) is 4.68. The van der Waals surface area contributed by atoms with Crippen molar-refractivity contribution in [2.45, 2.75) is 57.5 Å². The van der Waals surface area contributed by atoms with Crippen LogP contribution in [0.4, 0.5) is 0 Å². The maximum atomic E-state index is 12.0. The molecule has 196 valence electrons. The van der Waals surface area contributed by atoms with Crippen LogP contribution in [0, 0.1) is 0 Å². The van der Waals surface area contributed by atoms with Gasteiger partial charge in [0.2, 0.25) is 0 Å². The third-order valence-electron chi connectivity index (χ3n) is 6.09. The average Bonchev–Trinajstić information content (AvgIpc) is 2.93. The van der Waals surface area contributed by atoms with Gasteiger partial charge in [-0.2, -0.15) is 0 Å². The lowest BCUT2D eigenvalue weighted by molar-refractivity contribution is -0.315. The van der Waals surface area contributed by atoms with Crippen molar-refractivity contribution in [2.75, 3.05) is 13.7 Å². The van der Waals surface area contributed by atoms with Crippen molar-refractivity contribution in [3.05, 3.63) is 108 Å². The lowest BCUT2D eigenvalue weighted by atomic mass is 9.98. The van der Waals surface area contributed by atoms with E-state index in [0.29, 0.717) is 19.8 Å². The van der Waals surface area contributed by atoms with Crippen molar-refractivity contribution < 1.29 is 33.2 Å². The van der Waals surface area contributed by atoms with Crippen LogP contribution in [0.25, 0.3) is 0 Å². The topological polar surface area (TPSA) is 72.5 Å². The van der Waals surface area contributed by atoms with Crippen molar-refractivity contribution in [2.24, 2.45) is 0 Å². The zero-order valence-electron chi connectivity index (χ0n) is 21.2. The first-order valence-electron chi connectivity index (χ1n) is 12.4. The fourth-order valence-corrected chi connectivity index (χ4v) is 4.31. The number of hydrogen-bond acceptors (Lipinski definition) is 7. The van der Waals surface area contributed by atoms with Gasteiger partial charge in [0.1, 0.15) is 18.3 Å². The first kappa shape index (κ1) is 27.0. The fourth-order valence-electron chi connectivity index (χ4n) is 4.31. The molecular formula is C30H34O7. The number of esters is 1. The van der Waals surface area contributed by atoms with E-state index in [0.717, 1.165) is 16.7 Å². The van der Waals surface area contributed by atoms with E-state index in [2.05, 4.69) is 0 Å². The van der Waals surface area contributed by atoms with Gasteiger partial charge in [-0.1, -0.05) is 91.0 Å². The van der Waals surface area contributed by atoms with Crippen molar-refractivity contribution in [1.29, 1.82) is 0 Å². The number of carbonyl (C=O) groups excluding carboxylic acids is 1. The molecule has 3 aromatic carbocycles. The molecule has 7 heteroatoms. The van der Waals surface area contributed by atoms with Crippen LogP contribution in [0.1, 0.15) is 23.6 Å². The molecule has 0 radical (unpaired) electrons. The smallest absolute Gasteiger partial charge is 0.303 e. The SMILES string of the molecule is CO[C@@H]1O[C@H](COCc2ccccc2)[C@H](OCc2ccccc2)[C@H](OCc2ccccc2)[C@H]1OC(C)=O. The molecule has 1 heterocycles. The number of carbonyl (C=O) groups is 1. The monoisotopic (exact) mass is 506 g/mol. The first-order valence-corrected chi connectivity index (χ1v) is 12.4. The maximum absolute atomic E-state index is 12.0. The van der Waals surface area contributed by atoms with Crippen LogP contribution < -0.4 is 0 Å². The summed E-state index contributed by atoms with van der Waals surface area (Å²) in [5.41, 5.74) is 3.05. The summed E-state index contributed by atoms with van der Waals surface area (Å²) in [4.78, 5) is 12.0. The summed E-state index contributed by atoms with van der Waals surface area (Å²) in [5.74, 6) is -0.454. The molecule has 0 unspecified atom stereocenters. The molecule has 1 aliphatic heterocycles. The number of hydrogen-bond donors (Lipinski definition) is 0. The molecule has 4 rings (SSSR count). The molecule has 0 amide bonds. The van der Waals surface area contributed by atoms with Gasteiger partial charge in [-0.25, -0.2) is 0 Å². The first-order chi connectivity index (χ1) is 18.1. The van der Waals surface area contributed by atoms with Gasteiger partial charge in [0.25, 0.3) is 0 Å². The number of ether oxygens (including phenoxy) is 6. The quantitative estimate of drug-likeness (QED) is 0.331. The minimum Gasteiger partial charge on any atom is -0.454 e. The molecule has 37 heavy (non-hydrogen) atoms. The normalized spacial score (nSPS) is 23.5. The molecular weight excluding hydrogens is 472 g/mol. The van der Waals surface area contributed by atoms with Gasteiger partial charge in [-0.05, 0) is 16.7 Å². The van der Waals surface area contributed by atoms with Crippen LogP contribution in [0.15, 0.2) is 91.0 Å². The third kappa shape index (κ3) is 7.95. The van der Waals surface area contributed by atoms with Crippen LogP contribution in [0.5, 0.6) is 0 Å². The lowest BCUT2D eigenvalue weighted by Crippen LogP contribution is -2.62. The molecule has 1 aliphatic rings. The maximum Gasteiger partial charge on any atom is 0.303 e. The van der Waals surface area contributed by atoms with E-state index in [1.807, 2.05) is 91.0 Å². The summed E-state index contributed by atoms with van der Waals surface area (Å²) in [5, 5.41) is 0. The van der Waals surface area contributed by atoms with Crippen LogP contribution in [0.2, 0.25) is 0 Å². The Morgan fingerprint density at radius 3 is 1.68 bits per heavy atom. The Morgan fingerprint density at radius 2 is 1.19 bits per heavy atom. The highest BCUT2D eigenvalue weighted by Crippen LogP contribution is 2.30. The summed E-state index contributed by atoms with van der Waals surface area (Å²) >= 11 is 0. The average molecular weight is 507 g/mol. The Bertz CT molecular complexity index is 1060. The Kier molecular flexibility index (Phi) is 10.2. The summed E-state index contributed by atoms with van der Waals surface area (Å²) < 4.78 is 36.4. The molecule has 0 N–H and O–H groups in total. The van der Waals surface area contributed by atoms with Gasteiger partial charge in [-0.3, -0.25) is 4.79 Å². The van der Waals surface area contributed by atoms with Gasteiger partial charge >= 0.3 is 5.97 Å². The standard InChI is InChI=1S/C30H34O7/c1-22(31)36-29-28(35-20-25-16-10-5-11-17-25)27(34-19-24-14-8-4-9-15-24)26(37-30(29)32-2)21-33-18-23-12-6-3-7-13-23/h3-17,26-30H,18-21H2,1-2H3/t26-,27+,28+,29-,30-/m1/s1. The van der Waals surface area contributed by atoms with Crippen molar-refractivity contribution in [1.82, 2.24) is 0 Å². The van der Waals surface area contributed by atoms with Gasteiger partial charge < -0.3 is 28.4 Å². The van der Waals surface area contributed by atoms with E-state index in [1.54, 1.807) is 0 Å². The molecule has 0 aliphatic carbocycles. The molecule has 7 nitrogen and oxygen atoms in total. The highest BCUT2D eigenvalue weighted by atomic mass is 16.7. The minimum absolute atomic E-state index is 0.242. The Hall–Kier alpha value is -3.07. The number of methoxy groups -OCH3 is 1. The van der Waals surface area contributed by atoms with Crippen LogP contribution in [0.3, 0.4) is 0 Å². The molecule has 0 spiro atoms. The minimum atomic E-state index is -0.841. The van der Waals surface area contributed by atoms with E-state index in [9.17, 15) is 4.79 Å². The highest BCUT2D eigenvalue weighted by Gasteiger charge is 2.49. The number of rotatable bonds is 12. The van der Waals surface area contributed by atoms with Crippen molar-refractivity contribution in [3.8, 4) is 0 Å². The number of benzene rings is 3. The fraction of sp³-hybridized carbons (Fsp3) is 0.367. The van der Waals surface area contributed by atoms with Crippen LogP contribution in [-0.4, -0.2) is 50.4 Å². The molecule has 0 saturated carbocycles. The molecule has 1 saturated heterocycles. The van der Waals surface area contributed by atoms with E-state index >= 15 is 0 Å². The van der Waals surface area contributed by atoms with E-state index in [1.165, 1.54) is 14.0 Å². The van der Waals surface area contributed by atoms with Gasteiger partial charge in [0.05, 0.1) is 26.4 Å². The Morgan fingerprint density at radius 1 is 0.703 bits per heavy atom. The Balaban J connectivity index is 1.56. The van der Waals surface area contributed by atoms with E-state index in [-0.39, 0.29) is 6.61 Å². The second-order valence-corrected chi connectivity index (χ2v) is 8.88. The van der Waals surface area contributed by atoms with Crippen molar-refractivity contribution >= 4 is 5.97 Å². The summed E-state index contributed by atoms with van der Waals surface area (Å²) in [7, 11) is 1.52. The van der Waals surface area contributed by atoms with Crippen LogP contribution in [-0.2, 0) is 53.0 Å². The van der Waals surface area contributed by atoms with Gasteiger partial charge in [0, 0.05) is 14.0 Å². The molecule has 0 bridgehead atoms. The predicted molar refractivity (Wildman–Crippen MR) is 137 cm³/mol. The largest absolute Gasteiger partial charge is 0.454 e. The second-order valence-electron chi connectivity index (χ2n) is 8.88. The Labute approximate surface area is 218 Å². The second kappa shape index (κ2) is 14.0. The summed E-state index contributed by atoms with van der Waals surface area (Å²) in [6.45, 7) is 2.66. The van der Waals surface area contributed by atoms with Crippen molar-refractivity contribution in [3.63, 3.8) is 0 Å². The molecule has 5 atom stereocenters.